The summed E-state index contributed by atoms with van der Waals surface area (Å²) in [7, 11) is 0. The number of rotatable bonds is 3. The predicted octanol–water partition coefficient (Wildman–Crippen LogP) is 2.59. The van der Waals surface area contributed by atoms with Crippen molar-refractivity contribution in [3.63, 3.8) is 0 Å². The molecule has 2 aromatic rings. The van der Waals surface area contributed by atoms with Gasteiger partial charge in [0.2, 0.25) is 0 Å². The van der Waals surface area contributed by atoms with Crippen molar-refractivity contribution in [2.24, 2.45) is 0 Å². The summed E-state index contributed by atoms with van der Waals surface area (Å²) in [6.07, 6.45) is 1.30. The van der Waals surface area contributed by atoms with Gasteiger partial charge in [-0.1, -0.05) is 30.3 Å². The van der Waals surface area contributed by atoms with Gasteiger partial charge in [-0.25, -0.2) is 9.69 Å². The highest BCUT2D eigenvalue weighted by molar-refractivity contribution is 6.39. The van der Waals surface area contributed by atoms with Crippen molar-refractivity contribution in [1.82, 2.24) is 5.32 Å². The number of hydrogen-bond acceptors (Lipinski definition) is 5. The van der Waals surface area contributed by atoms with Crippen LogP contribution in [0.3, 0.4) is 0 Å². The minimum atomic E-state index is -0.818. The fourth-order valence-electron chi connectivity index (χ4n) is 2.66. The van der Waals surface area contributed by atoms with Crippen LogP contribution in [0.15, 0.2) is 54.1 Å². The molecule has 0 atom stereocenters. The standard InChI is InChI=1S/C20H16N2O5/c1-12-6-5-8-15(10-12)22-19(25)16(18(24)21-20(22)26)11-14-7-3-4-9-17(14)27-13(2)23/h3-11H,1-2H3,(H,21,24,26)/b16-11-. The van der Waals surface area contributed by atoms with Crippen molar-refractivity contribution in [2.75, 3.05) is 4.90 Å². The van der Waals surface area contributed by atoms with Crippen molar-refractivity contribution in [1.29, 1.82) is 0 Å². The van der Waals surface area contributed by atoms with Gasteiger partial charge in [0.05, 0.1) is 5.69 Å². The van der Waals surface area contributed by atoms with Crippen LogP contribution in [0.4, 0.5) is 10.5 Å². The molecule has 1 heterocycles. The SMILES string of the molecule is CC(=O)Oc1ccccc1/C=C1/C(=O)NC(=O)N(c2cccc(C)c2)C1=O. The first-order valence-corrected chi connectivity index (χ1v) is 8.12. The second-order valence-electron chi connectivity index (χ2n) is 5.93. The highest BCUT2D eigenvalue weighted by atomic mass is 16.5. The van der Waals surface area contributed by atoms with Crippen LogP contribution in [0, 0.1) is 6.92 Å². The van der Waals surface area contributed by atoms with Crippen molar-refractivity contribution in [3.8, 4) is 5.75 Å². The normalized spacial score (nSPS) is 15.7. The summed E-state index contributed by atoms with van der Waals surface area (Å²) in [5.41, 5.74) is 1.33. The van der Waals surface area contributed by atoms with E-state index in [2.05, 4.69) is 5.32 Å². The van der Waals surface area contributed by atoms with Crippen molar-refractivity contribution >= 4 is 35.6 Å². The Labute approximate surface area is 155 Å². The highest BCUT2D eigenvalue weighted by Crippen LogP contribution is 2.25. The van der Waals surface area contributed by atoms with Gasteiger partial charge in [-0.15, -0.1) is 0 Å². The number of urea groups is 1. The summed E-state index contributed by atoms with van der Waals surface area (Å²) < 4.78 is 5.10. The quantitative estimate of drug-likeness (QED) is 0.391. The van der Waals surface area contributed by atoms with Crippen LogP contribution < -0.4 is 15.0 Å². The Morgan fingerprint density at radius 2 is 1.81 bits per heavy atom. The maximum absolute atomic E-state index is 12.9. The summed E-state index contributed by atoms with van der Waals surface area (Å²) in [4.78, 5) is 49.5. The smallest absolute Gasteiger partial charge is 0.335 e. The molecule has 0 spiro atoms. The molecule has 3 rings (SSSR count). The van der Waals surface area contributed by atoms with Gasteiger partial charge in [0.25, 0.3) is 11.8 Å². The van der Waals surface area contributed by atoms with Gasteiger partial charge in [-0.3, -0.25) is 19.7 Å². The van der Waals surface area contributed by atoms with Crippen molar-refractivity contribution in [2.45, 2.75) is 13.8 Å². The Hall–Kier alpha value is -3.74. The molecular weight excluding hydrogens is 348 g/mol. The molecular formula is C20H16N2O5. The number of aryl methyl sites for hydroxylation is 1. The maximum Gasteiger partial charge on any atom is 0.335 e. The second-order valence-corrected chi connectivity index (χ2v) is 5.93. The van der Waals surface area contributed by atoms with Gasteiger partial charge in [-0.05, 0) is 36.8 Å². The van der Waals surface area contributed by atoms with E-state index in [1.54, 1.807) is 42.5 Å². The fourth-order valence-corrected chi connectivity index (χ4v) is 2.66. The number of barbiturate groups is 1. The lowest BCUT2D eigenvalue weighted by molar-refractivity contribution is -0.132. The van der Waals surface area contributed by atoms with E-state index in [4.69, 9.17) is 4.74 Å². The van der Waals surface area contributed by atoms with Gasteiger partial charge >= 0.3 is 12.0 Å². The average Bonchev–Trinajstić information content (AvgIpc) is 2.59. The lowest BCUT2D eigenvalue weighted by Gasteiger charge is -2.26. The van der Waals surface area contributed by atoms with Crippen molar-refractivity contribution < 1.29 is 23.9 Å². The summed E-state index contributed by atoms with van der Waals surface area (Å²) in [6, 6.07) is 12.5. The third-order valence-corrected chi connectivity index (χ3v) is 3.83. The summed E-state index contributed by atoms with van der Waals surface area (Å²) >= 11 is 0. The molecule has 0 aliphatic carbocycles. The molecule has 1 N–H and O–H groups in total. The van der Waals surface area contributed by atoms with Crippen LogP contribution in [0.25, 0.3) is 6.08 Å². The molecule has 1 aliphatic rings. The first-order valence-electron chi connectivity index (χ1n) is 8.12. The van der Waals surface area contributed by atoms with Gasteiger partial charge in [0.1, 0.15) is 11.3 Å². The predicted molar refractivity (Wildman–Crippen MR) is 97.9 cm³/mol. The van der Waals surface area contributed by atoms with E-state index in [9.17, 15) is 19.2 Å². The van der Waals surface area contributed by atoms with Crippen LogP contribution in [0.5, 0.6) is 5.75 Å². The summed E-state index contributed by atoms with van der Waals surface area (Å²) in [6.45, 7) is 3.08. The zero-order valence-corrected chi connectivity index (χ0v) is 14.7. The van der Waals surface area contributed by atoms with E-state index in [0.717, 1.165) is 10.5 Å². The number of benzene rings is 2. The third kappa shape index (κ3) is 3.77. The zero-order chi connectivity index (χ0) is 19.6. The van der Waals surface area contributed by atoms with Crippen molar-refractivity contribution in [3.05, 3.63) is 65.2 Å². The minimum Gasteiger partial charge on any atom is -0.426 e. The molecule has 1 fully saturated rings. The van der Waals surface area contributed by atoms with E-state index in [1.165, 1.54) is 13.0 Å². The second kappa shape index (κ2) is 7.25. The van der Waals surface area contributed by atoms with Gasteiger partial charge < -0.3 is 4.74 Å². The highest BCUT2D eigenvalue weighted by Gasteiger charge is 2.37. The van der Waals surface area contributed by atoms with Gasteiger partial charge in [0.15, 0.2) is 0 Å². The lowest BCUT2D eigenvalue weighted by Crippen LogP contribution is -2.54. The van der Waals surface area contributed by atoms with E-state index >= 15 is 0 Å². The zero-order valence-electron chi connectivity index (χ0n) is 14.7. The number of imide groups is 2. The van der Waals surface area contributed by atoms with E-state index in [1.807, 2.05) is 13.0 Å². The van der Waals surface area contributed by atoms with Gasteiger partial charge in [0, 0.05) is 12.5 Å². The molecule has 4 amide bonds. The lowest BCUT2D eigenvalue weighted by atomic mass is 10.1. The number of nitrogens with one attached hydrogen (secondary N) is 1. The minimum absolute atomic E-state index is 0.206. The molecule has 1 aliphatic heterocycles. The third-order valence-electron chi connectivity index (χ3n) is 3.83. The molecule has 0 unspecified atom stereocenters. The Balaban J connectivity index is 2.04. The Morgan fingerprint density at radius 1 is 1.07 bits per heavy atom. The molecule has 0 aromatic heterocycles. The number of carbonyl (C=O) groups is 4. The molecule has 136 valence electrons. The maximum atomic E-state index is 12.9. The number of carbonyl (C=O) groups excluding carboxylic acids is 4. The first kappa shape index (κ1) is 18.1. The number of hydrogen-bond donors (Lipinski definition) is 1. The van der Waals surface area contributed by atoms with Gasteiger partial charge in [-0.2, -0.15) is 0 Å². The Kier molecular flexibility index (Phi) is 4.85. The molecule has 0 saturated carbocycles. The first-order chi connectivity index (χ1) is 12.9. The summed E-state index contributed by atoms with van der Waals surface area (Å²) in [5.74, 6) is -1.90. The van der Waals surface area contributed by atoms with Crippen LogP contribution in [-0.4, -0.2) is 23.8 Å². The molecule has 0 radical (unpaired) electrons. The number of para-hydroxylation sites is 1. The Bertz CT molecular complexity index is 993. The molecule has 0 bridgehead atoms. The topological polar surface area (TPSA) is 92.8 Å². The van der Waals surface area contributed by atoms with Crippen LogP contribution in [0.2, 0.25) is 0 Å². The fraction of sp³-hybridized carbons (Fsp3) is 0.100. The molecule has 7 heteroatoms. The number of nitrogens with zero attached hydrogens (tertiary/aromatic N) is 1. The average molecular weight is 364 g/mol. The molecule has 2 aromatic carbocycles. The number of anilines is 1. The van der Waals surface area contributed by atoms with Crippen LogP contribution in [0.1, 0.15) is 18.1 Å². The monoisotopic (exact) mass is 364 g/mol. The van der Waals surface area contributed by atoms with E-state index in [0.29, 0.717) is 11.3 Å². The molecule has 1 saturated heterocycles. The summed E-state index contributed by atoms with van der Waals surface area (Å²) in [5, 5.41) is 2.16. The van der Waals surface area contributed by atoms with E-state index < -0.39 is 23.8 Å². The van der Waals surface area contributed by atoms with Crippen LogP contribution >= 0.6 is 0 Å². The molecule has 27 heavy (non-hydrogen) atoms. The number of amides is 4. The van der Waals surface area contributed by atoms with Crippen LogP contribution in [-0.2, 0) is 14.4 Å². The Morgan fingerprint density at radius 3 is 2.52 bits per heavy atom. The number of ether oxygens (including phenoxy) is 1. The largest absolute Gasteiger partial charge is 0.426 e. The van der Waals surface area contributed by atoms with E-state index in [-0.39, 0.29) is 11.3 Å². The number of esters is 1. The molecule has 7 nitrogen and oxygen atoms in total.